The molecule has 0 aromatic rings. The molecule has 1 aliphatic carbocycles. The van der Waals surface area contributed by atoms with E-state index in [-0.39, 0.29) is 17.9 Å². The first-order valence-electron chi connectivity index (χ1n) is 5.69. The van der Waals surface area contributed by atoms with Gasteiger partial charge in [0.15, 0.2) is 0 Å². The molecule has 0 spiro atoms. The zero-order chi connectivity index (χ0) is 12.3. The van der Waals surface area contributed by atoms with Crippen molar-refractivity contribution in [2.75, 3.05) is 0 Å². The Bertz CT molecular complexity index is 289. The third kappa shape index (κ3) is 2.95. The van der Waals surface area contributed by atoms with Gasteiger partial charge in [-0.2, -0.15) is 0 Å². The number of nitrogens with two attached hydrogens (primary N) is 1. The fourth-order valence-corrected chi connectivity index (χ4v) is 1.85. The summed E-state index contributed by atoms with van der Waals surface area (Å²) in [6.45, 7) is 3.54. The van der Waals surface area contributed by atoms with Crippen molar-refractivity contribution in [3.63, 3.8) is 0 Å². The zero-order valence-electron chi connectivity index (χ0n) is 9.82. The second-order valence-electron chi connectivity index (χ2n) is 4.79. The van der Waals surface area contributed by atoms with E-state index in [1.807, 2.05) is 6.92 Å². The summed E-state index contributed by atoms with van der Waals surface area (Å²) in [5, 5.41) is 11.7. The molecule has 0 aliphatic heterocycles. The van der Waals surface area contributed by atoms with Gasteiger partial charge in [0, 0.05) is 6.04 Å². The summed E-state index contributed by atoms with van der Waals surface area (Å²) in [5.74, 6) is -1.29. The molecule has 0 bridgehead atoms. The van der Waals surface area contributed by atoms with Gasteiger partial charge in [-0.1, -0.05) is 6.92 Å². The monoisotopic (exact) mass is 228 g/mol. The predicted molar refractivity (Wildman–Crippen MR) is 59.8 cm³/mol. The smallest absolute Gasteiger partial charge is 0.306 e. The predicted octanol–water partition coefficient (Wildman–Crippen LogP) is 0.483. The van der Waals surface area contributed by atoms with Gasteiger partial charge in [-0.05, 0) is 32.6 Å². The lowest BCUT2D eigenvalue weighted by molar-refractivity contribution is -0.141. The van der Waals surface area contributed by atoms with Gasteiger partial charge >= 0.3 is 5.97 Å². The Labute approximate surface area is 95.4 Å². The SMILES string of the molecule is CCC(C)(N)C(=O)NC1CCC(C(=O)O)C1. The average molecular weight is 228 g/mol. The highest BCUT2D eigenvalue weighted by Gasteiger charge is 2.33. The van der Waals surface area contributed by atoms with Crippen molar-refractivity contribution in [1.82, 2.24) is 5.32 Å². The van der Waals surface area contributed by atoms with Crippen molar-refractivity contribution < 1.29 is 14.7 Å². The Kier molecular flexibility index (Phi) is 3.91. The van der Waals surface area contributed by atoms with Crippen LogP contribution in [0.2, 0.25) is 0 Å². The Balaban J connectivity index is 2.46. The van der Waals surface area contributed by atoms with Crippen LogP contribution in [0.5, 0.6) is 0 Å². The van der Waals surface area contributed by atoms with E-state index in [2.05, 4.69) is 5.32 Å². The van der Waals surface area contributed by atoms with Crippen molar-refractivity contribution >= 4 is 11.9 Å². The number of aliphatic carboxylic acids is 1. The largest absolute Gasteiger partial charge is 0.481 e. The van der Waals surface area contributed by atoms with Crippen LogP contribution in [-0.4, -0.2) is 28.6 Å². The van der Waals surface area contributed by atoms with Crippen LogP contribution in [-0.2, 0) is 9.59 Å². The first kappa shape index (κ1) is 13.0. The molecular weight excluding hydrogens is 208 g/mol. The normalized spacial score (nSPS) is 28.4. The molecule has 0 aromatic heterocycles. The summed E-state index contributed by atoms with van der Waals surface area (Å²) < 4.78 is 0. The third-order valence-electron chi connectivity index (χ3n) is 3.37. The molecule has 0 saturated heterocycles. The van der Waals surface area contributed by atoms with Gasteiger partial charge in [-0.3, -0.25) is 9.59 Å². The molecule has 16 heavy (non-hydrogen) atoms. The lowest BCUT2D eigenvalue weighted by Gasteiger charge is -2.24. The zero-order valence-corrected chi connectivity index (χ0v) is 9.82. The van der Waals surface area contributed by atoms with E-state index in [1.165, 1.54) is 0 Å². The van der Waals surface area contributed by atoms with Gasteiger partial charge in [0.2, 0.25) is 5.91 Å². The lowest BCUT2D eigenvalue weighted by atomic mass is 9.99. The van der Waals surface area contributed by atoms with Crippen molar-refractivity contribution in [1.29, 1.82) is 0 Å². The quantitative estimate of drug-likeness (QED) is 0.652. The van der Waals surface area contributed by atoms with Crippen LogP contribution in [0.3, 0.4) is 0 Å². The van der Waals surface area contributed by atoms with Crippen LogP contribution in [0.1, 0.15) is 39.5 Å². The number of carbonyl (C=O) groups is 2. The molecule has 0 radical (unpaired) electrons. The van der Waals surface area contributed by atoms with Crippen LogP contribution < -0.4 is 11.1 Å². The van der Waals surface area contributed by atoms with E-state index < -0.39 is 11.5 Å². The molecule has 5 heteroatoms. The minimum absolute atomic E-state index is 0.0389. The highest BCUT2D eigenvalue weighted by atomic mass is 16.4. The average Bonchev–Trinajstić information content (AvgIpc) is 2.66. The molecule has 1 rings (SSSR count). The lowest BCUT2D eigenvalue weighted by Crippen LogP contribution is -2.53. The minimum atomic E-state index is -0.860. The fraction of sp³-hybridized carbons (Fsp3) is 0.818. The van der Waals surface area contributed by atoms with Gasteiger partial charge in [0.25, 0.3) is 0 Å². The Hall–Kier alpha value is -1.10. The van der Waals surface area contributed by atoms with Gasteiger partial charge < -0.3 is 16.2 Å². The Morgan fingerprint density at radius 1 is 1.50 bits per heavy atom. The Morgan fingerprint density at radius 2 is 2.12 bits per heavy atom. The summed E-state index contributed by atoms with van der Waals surface area (Å²) in [7, 11) is 0. The van der Waals surface area contributed by atoms with Gasteiger partial charge in [-0.25, -0.2) is 0 Å². The molecule has 92 valence electrons. The number of hydrogen-bond acceptors (Lipinski definition) is 3. The first-order chi connectivity index (χ1) is 7.36. The summed E-state index contributed by atoms with van der Waals surface area (Å²) in [5.41, 5.74) is 4.94. The molecule has 5 nitrogen and oxygen atoms in total. The van der Waals surface area contributed by atoms with E-state index in [0.717, 1.165) is 6.42 Å². The van der Waals surface area contributed by atoms with E-state index in [4.69, 9.17) is 10.8 Å². The number of carbonyl (C=O) groups excluding carboxylic acids is 1. The third-order valence-corrected chi connectivity index (χ3v) is 3.37. The summed E-state index contributed by atoms with van der Waals surface area (Å²) in [4.78, 5) is 22.5. The molecule has 3 unspecified atom stereocenters. The number of carboxylic acid groups (broad SMARTS) is 1. The van der Waals surface area contributed by atoms with Crippen LogP contribution in [0.25, 0.3) is 0 Å². The highest BCUT2D eigenvalue weighted by Crippen LogP contribution is 2.26. The Morgan fingerprint density at radius 3 is 2.56 bits per heavy atom. The fourth-order valence-electron chi connectivity index (χ4n) is 1.85. The van der Waals surface area contributed by atoms with Crippen LogP contribution >= 0.6 is 0 Å². The van der Waals surface area contributed by atoms with E-state index in [1.54, 1.807) is 6.92 Å². The maximum Gasteiger partial charge on any atom is 0.306 e. The van der Waals surface area contributed by atoms with Gasteiger partial charge in [0.1, 0.15) is 0 Å². The van der Waals surface area contributed by atoms with Crippen molar-refractivity contribution in [2.24, 2.45) is 11.7 Å². The summed E-state index contributed by atoms with van der Waals surface area (Å²) >= 11 is 0. The van der Waals surface area contributed by atoms with Crippen LogP contribution in [0.4, 0.5) is 0 Å². The second-order valence-corrected chi connectivity index (χ2v) is 4.79. The van der Waals surface area contributed by atoms with E-state index in [9.17, 15) is 9.59 Å². The molecule has 1 aliphatic rings. The highest BCUT2D eigenvalue weighted by molar-refractivity contribution is 5.85. The van der Waals surface area contributed by atoms with E-state index in [0.29, 0.717) is 19.3 Å². The molecule has 4 N–H and O–H groups in total. The molecule has 1 amide bonds. The number of rotatable bonds is 4. The standard InChI is InChI=1S/C11H20N2O3/c1-3-11(2,12)10(16)13-8-5-4-7(6-8)9(14)15/h7-8H,3-6,12H2,1-2H3,(H,13,16)(H,14,15). The summed E-state index contributed by atoms with van der Waals surface area (Å²) in [6, 6.07) is -0.0389. The summed E-state index contributed by atoms with van der Waals surface area (Å²) in [6.07, 6.45) is 2.44. The first-order valence-corrected chi connectivity index (χ1v) is 5.69. The second kappa shape index (κ2) is 4.82. The topological polar surface area (TPSA) is 92.4 Å². The molecule has 1 fully saturated rings. The van der Waals surface area contributed by atoms with Crippen molar-refractivity contribution in [2.45, 2.75) is 51.1 Å². The minimum Gasteiger partial charge on any atom is -0.481 e. The van der Waals surface area contributed by atoms with E-state index >= 15 is 0 Å². The van der Waals surface area contributed by atoms with Gasteiger partial charge in [-0.15, -0.1) is 0 Å². The number of hydrogen-bond donors (Lipinski definition) is 3. The van der Waals surface area contributed by atoms with Gasteiger partial charge in [0.05, 0.1) is 11.5 Å². The number of nitrogens with one attached hydrogen (secondary N) is 1. The number of amides is 1. The number of carboxylic acids is 1. The molecule has 1 saturated carbocycles. The van der Waals surface area contributed by atoms with Crippen LogP contribution in [0, 0.1) is 5.92 Å². The molecule has 0 aromatic carbocycles. The molecule has 3 atom stereocenters. The maximum atomic E-state index is 11.7. The van der Waals surface area contributed by atoms with Crippen LogP contribution in [0.15, 0.2) is 0 Å². The van der Waals surface area contributed by atoms with Crippen molar-refractivity contribution in [3.8, 4) is 0 Å². The molecule has 0 heterocycles. The maximum absolute atomic E-state index is 11.7. The van der Waals surface area contributed by atoms with Crippen molar-refractivity contribution in [3.05, 3.63) is 0 Å². The molecular formula is C11H20N2O3.